The second kappa shape index (κ2) is 5.52. The summed E-state index contributed by atoms with van der Waals surface area (Å²) in [7, 11) is 0. The van der Waals surface area contributed by atoms with E-state index < -0.39 is 0 Å². The van der Waals surface area contributed by atoms with Crippen molar-refractivity contribution in [1.82, 2.24) is 5.32 Å². The molecule has 4 fully saturated rings. The van der Waals surface area contributed by atoms with Gasteiger partial charge in [-0.3, -0.25) is 9.59 Å². The molecule has 0 aromatic heterocycles. The van der Waals surface area contributed by atoms with Gasteiger partial charge in [-0.2, -0.15) is 0 Å². The number of hydrogen-bond acceptors (Lipinski definition) is 3. The van der Waals surface area contributed by atoms with E-state index in [0.717, 1.165) is 51.1 Å². The molecule has 0 spiro atoms. The fourth-order valence-corrected chi connectivity index (χ4v) is 7.08. The van der Waals surface area contributed by atoms with Gasteiger partial charge in [0, 0.05) is 36.3 Å². The Morgan fingerprint density at radius 1 is 1.00 bits per heavy atom. The van der Waals surface area contributed by atoms with Crippen LogP contribution in [-0.4, -0.2) is 24.2 Å². The van der Waals surface area contributed by atoms with Crippen LogP contribution in [0.1, 0.15) is 71.1 Å². The molecule has 136 valence electrons. The lowest BCUT2D eigenvalue weighted by Crippen LogP contribution is -2.55. The Morgan fingerprint density at radius 2 is 1.84 bits per heavy atom. The zero-order chi connectivity index (χ0) is 17.2. The molecular formula is C22H31NO2. The van der Waals surface area contributed by atoms with Crippen molar-refractivity contribution in [2.75, 3.05) is 6.54 Å². The van der Waals surface area contributed by atoms with Gasteiger partial charge in [-0.05, 0) is 75.2 Å². The standard InChI is InChI=1S/C22H31NO2/c1-21-10-9-19-17(18(21)6-7-20(21)25)5-2-14-12-16(24)8-11-22(14,19)13-23-15-3-4-15/h12,15,17-19,23H,2-11,13H2,1H3/t17?,18?,19?,21-,22+/m0/s1. The molecule has 1 N–H and O–H groups in total. The first-order chi connectivity index (χ1) is 12.0. The summed E-state index contributed by atoms with van der Waals surface area (Å²) in [5.74, 6) is 2.83. The lowest BCUT2D eigenvalue weighted by atomic mass is 9.47. The summed E-state index contributed by atoms with van der Waals surface area (Å²) in [5, 5.41) is 3.82. The molecule has 5 atom stereocenters. The van der Waals surface area contributed by atoms with E-state index in [1.807, 2.05) is 6.08 Å². The molecule has 25 heavy (non-hydrogen) atoms. The fraction of sp³-hybridized carbons (Fsp3) is 0.818. The molecule has 0 aliphatic heterocycles. The molecule has 0 bridgehead atoms. The second-order valence-corrected chi connectivity index (χ2v) is 9.78. The van der Waals surface area contributed by atoms with Crippen molar-refractivity contribution in [3.63, 3.8) is 0 Å². The highest BCUT2D eigenvalue weighted by atomic mass is 16.1. The highest BCUT2D eigenvalue weighted by Gasteiger charge is 2.60. The maximum atomic E-state index is 12.6. The summed E-state index contributed by atoms with van der Waals surface area (Å²) in [6.45, 7) is 3.32. The summed E-state index contributed by atoms with van der Waals surface area (Å²) in [6, 6.07) is 0.718. The molecule has 0 aromatic rings. The number of carbonyl (C=O) groups excluding carboxylic acids is 2. The number of hydrogen-bond donors (Lipinski definition) is 1. The monoisotopic (exact) mass is 341 g/mol. The molecule has 3 heteroatoms. The van der Waals surface area contributed by atoms with Crippen LogP contribution in [0.25, 0.3) is 0 Å². The topological polar surface area (TPSA) is 46.2 Å². The number of nitrogens with one attached hydrogen (secondary N) is 1. The molecule has 5 aliphatic carbocycles. The summed E-state index contributed by atoms with van der Waals surface area (Å²) in [4.78, 5) is 24.7. The Labute approximate surface area is 151 Å². The van der Waals surface area contributed by atoms with Crippen LogP contribution >= 0.6 is 0 Å². The van der Waals surface area contributed by atoms with Gasteiger partial charge in [0.25, 0.3) is 0 Å². The van der Waals surface area contributed by atoms with E-state index in [-0.39, 0.29) is 10.8 Å². The predicted octanol–water partition coefficient (Wildman–Crippen LogP) is 3.82. The SMILES string of the molecule is C[C@]12CCC3C(CCC4=CC(=O)CC[C@@]43CNC3CC3)C1CCC2=O. The van der Waals surface area contributed by atoms with Gasteiger partial charge in [-0.1, -0.05) is 12.5 Å². The third-order valence-electron chi connectivity index (χ3n) is 8.68. The van der Waals surface area contributed by atoms with Gasteiger partial charge < -0.3 is 5.32 Å². The van der Waals surface area contributed by atoms with E-state index >= 15 is 0 Å². The quantitative estimate of drug-likeness (QED) is 0.849. The smallest absolute Gasteiger partial charge is 0.155 e. The third-order valence-corrected chi connectivity index (χ3v) is 8.68. The highest BCUT2D eigenvalue weighted by Crippen LogP contribution is 2.64. The van der Waals surface area contributed by atoms with E-state index in [4.69, 9.17) is 0 Å². The van der Waals surface area contributed by atoms with E-state index in [1.54, 1.807) is 0 Å². The van der Waals surface area contributed by atoms with Crippen LogP contribution in [0.15, 0.2) is 11.6 Å². The third kappa shape index (κ3) is 2.34. The average Bonchev–Trinajstić information content (AvgIpc) is 3.38. The Balaban J connectivity index is 1.50. The van der Waals surface area contributed by atoms with Crippen molar-refractivity contribution in [2.45, 2.75) is 77.2 Å². The molecule has 5 aliphatic rings. The van der Waals surface area contributed by atoms with Crippen LogP contribution in [0.2, 0.25) is 0 Å². The van der Waals surface area contributed by atoms with Crippen LogP contribution in [0, 0.1) is 28.6 Å². The molecule has 0 heterocycles. The molecule has 0 amide bonds. The number of ketones is 2. The minimum Gasteiger partial charge on any atom is -0.313 e. The van der Waals surface area contributed by atoms with Crippen LogP contribution in [0.3, 0.4) is 0 Å². The second-order valence-electron chi connectivity index (χ2n) is 9.78. The van der Waals surface area contributed by atoms with Crippen molar-refractivity contribution >= 4 is 11.6 Å². The minimum atomic E-state index is -0.0437. The molecule has 0 aromatic carbocycles. The number of carbonyl (C=O) groups is 2. The normalized spacial score (nSPS) is 46.3. The molecule has 4 saturated carbocycles. The van der Waals surface area contributed by atoms with Crippen molar-refractivity contribution in [3.8, 4) is 0 Å². The van der Waals surface area contributed by atoms with Crippen LogP contribution in [-0.2, 0) is 9.59 Å². The summed E-state index contributed by atoms with van der Waals surface area (Å²) >= 11 is 0. The lowest BCUT2D eigenvalue weighted by Gasteiger charge is -2.58. The van der Waals surface area contributed by atoms with Crippen molar-refractivity contribution in [1.29, 1.82) is 0 Å². The van der Waals surface area contributed by atoms with Gasteiger partial charge in [0.1, 0.15) is 5.78 Å². The van der Waals surface area contributed by atoms with E-state index in [1.165, 1.54) is 31.3 Å². The molecule has 5 rings (SSSR count). The highest BCUT2D eigenvalue weighted by molar-refractivity contribution is 5.91. The summed E-state index contributed by atoms with van der Waals surface area (Å²) < 4.78 is 0. The van der Waals surface area contributed by atoms with E-state index in [9.17, 15) is 9.59 Å². The Bertz CT molecular complexity index is 648. The van der Waals surface area contributed by atoms with Crippen molar-refractivity contribution in [2.24, 2.45) is 28.6 Å². The zero-order valence-electron chi connectivity index (χ0n) is 15.5. The number of rotatable bonds is 3. The van der Waals surface area contributed by atoms with Gasteiger partial charge in [0.15, 0.2) is 5.78 Å². The number of fused-ring (bicyclic) bond motifs is 5. The molecular weight excluding hydrogens is 310 g/mol. The van der Waals surface area contributed by atoms with Crippen molar-refractivity contribution in [3.05, 3.63) is 11.6 Å². The van der Waals surface area contributed by atoms with E-state index in [0.29, 0.717) is 29.3 Å². The predicted molar refractivity (Wildman–Crippen MR) is 97.1 cm³/mol. The summed E-state index contributed by atoms with van der Waals surface area (Å²) in [6.07, 6.45) is 12.9. The minimum absolute atomic E-state index is 0.0437. The summed E-state index contributed by atoms with van der Waals surface area (Å²) in [5.41, 5.74) is 1.61. The van der Waals surface area contributed by atoms with Gasteiger partial charge in [-0.15, -0.1) is 0 Å². The zero-order valence-corrected chi connectivity index (χ0v) is 15.5. The molecule has 0 radical (unpaired) electrons. The van der Waals surface area contributed by atoms with Crippen LogP contribution in [0.5, 0.6) is 0 Å². The maximum Gasteiger partial charge on any atom is 0.155 e. The first-order valence-electron chi connectivity index (χ1n) is 10.5. The first kappa shape index (κ1) is 16.2. The lowest BCUT2D eigenvalue weighted by molar-refractivity contribution is -0.132. The Kier molecular flexibility index (Phi) is 3.58. The van der Waals surface area contributed by atoms with Crippen LogP contribution in [0.4, 0.5) is 0 Å². The molecule has 3 nitrogen and oxygen atoms in total. The fourth-order valence-electron chi connectivity index (χ4n) is 7.08. The largest absolute Gasteiger partial charge is 0.313 e. The van der Waals surface area contributed by atoms with Crippen LogP contribution < -0.4 is 5.32 Å². The van der Waals surface area contributed by atoms with Gasteiger partial charge in [-0.25, -0.2) is 0 Å². The molecule has 0 saturated heterocycles. The molecule has 3 unspecified atom stereocenters. The Hall–Kier alpha value is -0.960. The van der Waals surface area contributed by atoms with Gasteiger partial charge >= 0.3 is 0 Å². The van der Waals surface area contributed by atoms with Crippen molar-refractivity contribution < 1.29 is 9.59 Å². The van der Waals surface area contributed by atoms with E-state index in [2.05, 4.69) is 12.2 Å². The van der Waals surface area contributed by atoms with Gasteiger partial charge in [0.05, 0.1) is 0 Å². The van der Waals surface area contributed by atoms with Gasteiger partial charge in [0.2, 0.25) is 0 Å². The Morgan fingerprint density at radius 3 is 2.64 bits per heavy atom. The number of Topliss-reactive ketones (excluding diaryl/α,β-unsaturated/α-hetero) is 1. The first-order valence-corrected chi connectivity index (χ1v) is 10.5. The maximum absolute atomic E-state index is 12.6. The average molecular weight is 341 g/mol.